The molecule has 0 radical (unpaired) electrons. The molecule has 1 heterocycles. The number of benzene rings is 1. The minimum atomic E-state index is -0.0153. The van der Waals surface area contributed by atoms with Crippen molar-refractivity contribution >= 4 is 11.6 Å². The molecule has 1 fully saturated rings. The molecule has 0 atom stereocenters. The number of methoxy groups -OCH3 is 1. The monoisotopic (exact) mass is 278 g/mol. The van der Waals surface area contributed by atoms with Crippen LogP contribution in [0.5, 0.6) is 5.75 Å². The fraction of sp³-hybridized carbons (Fsp3) is 0.533. The average Bonchev–Trinajstić information content (AvgIpc) is 2.48. The smallest absolute Gasteiger partial charge is 0.238 e. The van der Waals surface area contributed by atoms with Crippen molar-refractivity contribution in [3.8, 4) is 5.75 Å². The Hall–Kier alpha value is -1.59. The van der Waals surface area contributed by atoms with Gasteiger partial charge in [0.1, 0.15) is 5.75 Å². The van der Waals surface area contributed by atoms with Gasteiger partial charge in [-0.3, -0.25) is 9.69 Å². The van der Waals surface area contributed by atoms with Gasteiger partial charge >= 0.3 is 0 Å². The Kier molecular flexibility index (Phi) is 5.38. The van der Waals surface area contributed by atoms with Crippen molar-refractivity contribution in [1.29, 1.82) is 0 Å². The Morgan fingerprint density at radius 2 is 2.15 bits per heavy atom. The summed E-state index contributed by atoms with van der Waals surface area (Å²) in [6.07, 6.45) is 0.927. The lowest BCUT2D eigenvalue weighted by atomic mass is 10.1. The van der Waals surface area contributed by atoms with Crippen molar-refractivity contribution in [3.05, 3.63) is 23.8 Å². The number of nitrogens with zero attached hydrogens (tertiary/aromatic N) is 1. The Balaban J connectivity index is 1.98. The largest absolute Gasteiger partial charge is 0.495 e. The summed E-state index contributed by atoms with van der Waals surface area (Å²) in [7, 11) is 1.61. The standard InChI is InChI=1S/C15H22N2O3/c1-3-12-4-5-14(19-2)13(10-12)16-15(18)11-17-6-8-20-9-7-17/h4-5,10H,3,6-9,11H2,1-2H3,(H,16,18). The van der Waals surface area contributed by atoms with Gasteiger partial charge < -0.3 is 14.8 Å². The molecule has 2 rings (SSSR count). The van der Waals surface area contributed by atoms with E-state index in [1.165, 1.54) is 5.56 Å². The van der Waals surface area contributed by atoms with Crippen LogP contribution in [0, 0.1) is 0 Å². The Bertz CT molecular complexity index is 456. The molecule has 0 aliphatic carbocycles. The summed E-state index contributed by atoms with van der Waals surface area (Å²) in [5.74, 6) is 0.677. The Morgan fingerprint density at radius 1 is 1.40 bits per heavy atom. The highest BCUT2D eigenvalue weighted by molar-refractivity contribution is 5.93. The highest BCUT2D eigenvalue weighted by atomic mass is 16.5. The van der Waals surface area contributed by atoms with Crippen molar-refractivity contribution in [2.75, 3.05) is 45.3 Å². The molecule has 5 nitrogen and oxygen atoms in total. The second kappa shape index (κ2) is 7.26. The molecule has 0 bridgehead atoms. The predicted octanol–water partition coefficient (Wildman–Crippen LogP) is 1.53. The number of rotatable bonds is 5. The average molecular weight is 278 g/mol. The van der Waals surface area contributed by atoms with E-state index in [4.69, 9.17) is 9.47 Å². The summed E-state index contributed by atoms with van der Waals surface area (Å²) < 4.78 is 10.6. The number of morpholine rings is 1. The summed E-state index contributed by atoms with van der Waals surface area (Å²) in [6.45, 7) is 5.48. The molecule has 0 spiro atoms. The van der Waals surface area contributed by atoms with Gasteiger partial charge in [0.05, 0.1) is 32.6 Å². The van der Waals surface area contributed by atoms with Crippen LogP contribution < -0.4 is 10.1 Å². The lowest BCUT2D eigenvalue weighted by Crippen LogP contribution is -2.41. The molecule has 1 saturated heterocycles. The van der Waals surface area contributed by atoms with Crippen LogP contribution in [0.3, 0.4) is 0 Å². The number of hydrogen-bond donors (Lipinski definition) is 1. The van der Waals surface area contributed by atoms with Crippen molar-refractivity contribution in [3.63, 3.8) is 0 Å². The number of carbonyl (C=O) groups is 1. The van der Waals surface area contributed by atoms with E-state index in [1.807, 2.05) is 18.2 Å². The van der Waals surface area contributed by atoms with E-state index in [0.717, 1.165) is 25.2 Å². The zero-order valence-corrected chi connectivity index (χ0v) is 12.1. The summed E-state index contributed by atoms with van der Waals surface area (Å²) in [5.41, 5.74) is 1.91. The molecule has 110 valence electrons. The van der Waals surface area contributed by atoms with Crippen LogP contribution in [0.1, 0.15) is 12.5 Å². The summed E-state index contributed by atoms with van der Waals surface area (Å²) in [5, 5.41) is 2.94. The van der Waals surface area contributed by atoms with E-state index in [-0.39, 0.29) is 5.91 Å². The molecule has 1 aromatic carbocycles. The van der Waals surface area contributed by atoms with E-state index in [2.05, 4.69) is 17.1 Å². The molecule has 1 aliphatic rings. The molecule has 0 saturated carbocycles. The van der Waals surface area contributed by atoms with Crippen LogP contribution in [0.15, 0.2) is 18.2 Å². The van der Waals surface area contributed by atoms with Crippen LogP contribution in [-0.2, 0) is 16.0 Å². The minimum Gasteiger partial charge on any atom is -0.495 e. The first kappa shape index (κ1) is 14.8. The van der Waals surface area contributed by atoms with Gasteiger partial charge in [0, 0.05) is 13.1 Å². The first-order chi connectivity index (χ1) is 9.72. The van der Waals surface area contributed by atoms with Crippen LogP contribution in [0.25, 0.3) is 0 Å². The maximum absolute atomic E-state index is 12.1. The van der Waals surface area contributed by atoms with Crippen LogP contribution in [0.4, 0.5) is 5.69 Å². The zero-order chi connectivity index (χ0) is 14.4. The highest BCUT2D eigenvalue weighted by Crippen LogP contribution is 2.25. The topological polar surface area (TPSA) is 50.8 Å². The van der Waals surface area contributed by atoms with Crippen LogP contribution >= 0.6 is 0 Å². The van der Waals surface area contributed by atoms with E-state index in [9.17, 15) is 4.79 Å². The van der Waals surface area contributed by atoms with Crippen molar-refractivity contribution in [2.24, 2.45) is 0 Å². The number of nitrogens with one attached hydrogen (secondary N) is 1. The first-order valence-electron chi connectivity index (χ1n) is 6.99. The normalized spacial score (nSPS) is 15.9. The van der Waals surface area contributed by atoms with Gasteiger partial charge in [0.15, 0.2) is 0 Å². The molecule has 1 aliphatic heterocycles. The van der Waals surface area contributed by atoms with Gasteiger partial charge in [-0.1, -0.05) is 13.0 Å². The van der Waals surface area contributed by atoms with Gasteiger partial charge in [-0.25, -0.2) is 0 Å². The number of ether oxygens (including phenoxy) is 2. The maximum atomic E-state index is 12.1. The second-order valence-corrected chi connectivity index (χ2v) is 4.82. The van der Waals surface area contributed by atoms with Crippen molar-refractivity contribution in [2.45, 2.75) is 13.3 Å². The van der Waals surface area contributed by atoms with E-state index < -0.39 is 0 Å². The van der Waals surface area contributed by atoms with Gasteiger partial charge in [0.25, 0.3) is 0 Å². The van der Waals surface area contributed by atoms with Gasteiger partial charge in [-0.2, -0.15) is 0 Å². The van der Waals surface area contributed by atoms with Gasteiger partial charge in [-0.05, 0) is 24.1 Å². The molecule has 5 heteroatoms. The Morgan fingerprint density at radius 3 is 2.80 bits per heavy atom. The molecule has 1 aromatic rings. The highest BCUT2D eigenvalue weighted by Gasteiger charge is 2.15. The lowest BCUT2D eigenvalue weighted by molar-refractivity contribution is -0.118. The number of anilines is 1. The maximum Gasteiger partial charge on any atom is 0.238 e. The zero-order valence-electron chi connectivity index (χ0n) is 12.1. The van der Waals surface area contributed by atoms with Crippen LogP contribution in [-0.4, -0.2) is 50.8 Å². The molecule has 1 N–H and O–H groups in total. The quantitative estimate of drug-likeness (QED) is 0.887. The number of amides is 1. The SMILES string of the molecule is CCc1ccc(OC)c(NC(=O)CN2CCOCC2)c1. The Labute approximate surface area is 119 Å². The van der Waals surface area contributed by atoms with Gasteiger partial charge in [0.2, 0.25) is 5.91 Å². The summed E-state index contributed by atoms with van der Waals surface area (Å²) in [4.78, 5) is 14.2. The fourth-order valence-electron chi connectivity index (χ4n) is 2.22. The third kappa shape index (κ3) is 3.95. The first-order valence-corrected chi connectivity index (χ1v) is 6.99. The number of aryl methyl sites for hydroxylation is 1. The second-order valence-electron chi connectivity index (χ2n) is 4.82. The molecule has 0 aromatic heterocycles. The number of hydrogen-bond acceptors (Lipinski definition) is 4. The molecular formula is C15H22N2O3. The van der Waals surface area contributed by atoms with Crippen molar-refractivity contribution < 1.29 is 14.3 Å². The number of carbonyl (C=O) groups excluding carboxylic acids is 1. The third-order valence-corrected chi connectivity index (χ3v) is 3.42. The van der Waals surface area contributed by atoms with Crippen molar-refractivity contribution in [1.82, 2.24) is 4.90 Å². The fourth-order valence-corrected chi connectivity index (χ4v) is 2.22. The van der Waals surface area contributed by atoms with Crippen LogP contribution in [0.2, 0.25) is 0 Å². The van der Waals surface area contributed by atoms with E-state index >= 15 is 0 Å². The minimum absolute atomic E-state index is 0.0153. The molecule has 0 unspecified atom stereocenters. The predicted molar refractivity (Wildman–Crippen MR) is 78.3 cm³/mol. The summed E-state index contributed by atoms with van der Waals surface area (Å²) in [6, 6.07) is 5.87. The van der Waals surface area contributed by atoms with E-state index in [1.54, 1.807) is 7.11 Å². The molecule has 1 amide bonds. The van der Waals surface area contributed by atoms with E-state index in [0.29, 0.717) is 25.5 Å². The lowest BCUT2D eigenvalue weighted by Gasteiger charge is -2.26. The van der Waals surface area contributed by atoms with Gasteiger partial charge in [-0.15, -0.1) is 0 Å². The molecular weight excluding hydrogens is 256 g/mol. The third-order valence-electron chi connectivity index (χ3n) is 3.42. The molecule has 20 heavy (non-hydrogen) atoms. The summed E-state index contributed by atoms with van der Waals surface area (Å²) >= 11 is 0.